The molecule has 1 aliphatic heterocycles. The van der Waals surface area contributed by atoms with E-state index in [1.165, 1.54) is 13.2 Å². The van der Waals surface area contributed by atoms with Crippen LogP contribution in [0.2, 0.25) is 5.02 Å². The monoisotopic (exact) mass is 355 g/mol. The molecule has 1 aromatic carbocycles. The van der Waals surface area contributed by atoms with E-state index in [1.807, 2.05) is 0 Å². The molecule has 8 heteroatoms. The van der Waals surface area contributed by atoms with Crippen molar-refractivity contribution in [2.75, 3.05) is 20.3 Å². The molecule has 18 heavy (non-hydrogen) atoms. The van der Waals surface area contributed by atoms with Crippen LogP contribution < -0.4 is 4.74 Å². The van der Waals surface area contributed by atoms with Crippen molar-refractivity contribution in [3.05, 3.63) is 21.6 Å². The standard InChI is InChI=1S/C10H11BrClNO4S/c1-16-10-8(11)5-7(12)6-9(10)18(14,15)13-3-2-4-17-13/h5-6H,2-4H2,1H3. The minimum absolute atomic E-state index is 0.00808. The quantitative estimate of drug-likeness (QED) is 0.835. The second kappa shape index (κ2) is 5.34. The Morgan fingerprint density at radius 2 is 2.22 bits per heavy atom. The number of halogens is 2. The zero-order valence-electron chi connectivity index (χ0n) is 9.52. The third-order valence-electron chi connectivity index (χ3n) is 2.44. The second-order valence-electron chi connectivity index (χ2n) is 3.64. The summed E-state index contributed by atoms with van der Waals surface area (Å²) in [5.74, 6) is 0.218. The van der Waals surface area contributed by atoms with Crippen molar-refractivity contribution >= 4 is 37.6 Å². The van der Waals surface area contributed by atoms with E-state index in [4.69, 9.17) is 21.2 Å². The van der Waals surface area contributed by atoms with Crippen molar-refractivity contribution in [3.8, 4) is 5.75 Å². The lowest BCUT2D eigenvalue weighted by atomic mass is 10.3. The Kier molecular flexibility index (Phi) is 4.18. The van der Waals surface area contributed by atoms with Crippen molar-refractivity contribution in [1.82, 2.24) is 4.47 Å². The molecule has 0 aromatic heterocycles. The van der Waals surface area contributed by atoms with E-state index >= 15 is 0 Å². The highest BCUT2D eigenvalue weighted by Gasteiger charge is 2.32. The van der Waals surface area contributed by atoms with E-state index in [9.17, 15) is 8.42 Å². The van der Waals surface area contributed by atoms with Gasteiger partial charge in [-0.1, -0.05) is 16.1 Å². The highest BCUT2D eigenvalue weighted by atomic mass is 79.9. The molecule has 0 amide bonds. The Hall–Kier alpha value is -0.340. The topological polar surface area (TPSA) is 55.8 Å². The van der Waals surface area contributed by atoms with Gasteiger partial charge in [0.05, 0.1) is 18.2 Å². The van der Waals surface area contributed by atoms with Crippen molar-refractivity contribution in [3.63, 3.8) is 0 Å². The maximum absolute atomic E-state index is 12.4. The Balaban J connectivity index is 2.55. The summed E-state index contributed by atoms with van der Waals surface area (Å²) in [7, 11) is -2.35. The van der Waals surface area contributed by atoms with Gasteiger partial charge in [-0.3, -0.25) is 4.84 Å². The summed E-state index contributed by atoms with van der Waals surface area (Å²) in [6.07, 6.45) is 0.670. The van der Waals surface area contributed by atoms with Gasteiger partial charge in [-0.2, -0.15) is 0 Å². The van der Waals surface area contributed by atoms with Crippen LogP contribution in [-0.2, 0) is 14.9 Å². The SMILES string of the molecule is COc1c(Br)cc(Cl)cc1S(=O)(=O)N1CCCO1. The lowest BCUT2D eigenvalue weighted by molar-refractivity contribution is -0.0285. The van der Waals surface area contributed by atoms with Crippen molar-refractivity contribution in [2.45, 2.75) is 11.3 Å². The van der Waals surface area contributed by atoms with E-state index in [0.717, 1.165) is 4.47 Å². The smallest absolute Gasteiger partial charge is 0.268 e. The van der Waals surface area contributed by atoms with Crippen LogP contribution in [0.15, 0.2) is 21.5 Å². The lowest BCUT2D eigenvalue weighted by Gasteiger charge is -2.17. The Labute approximate surface area is 119 Å². The molecule has 1 aliphatic rings. The fourth-order valence-electron chi connectivity index (χ4n) is 1.65. The molecule has 0 atom stereocenters. The first-order valence-electron chi connectivity index (χ1n) is 5.15. The van der Waals surface area contributed by atoms with E-state index in [0.29, 0.717) is 29.1 Å². The summed E-state index contributed by atoms with van der Waals surface area (Å²) in [5, 5.41) is 0.306. The lowest BCUT2D eigenvalue weighted by Crippen LogP contribution is -2.27. The molecule has 0 aliphatic carbocycles. The first-order valence-corrected chi connectivity index (χ1v) is 7.76. The summed E-state index contributed by atoms with van der Waals surface area (Å²) >= 11 is 9.11. The largest absolute Gasteiger partial charge is 0.494 e. The van der Waals surface area contributed by atoms with E-state index in [1.54, 1.807) is 6.07 Å². The van der Waals surface area contributed by atoms with Gasteiger partial charge in [0.15, 0.2) is 5.75 Å². The van der Waals surface area contributed by atoms with Gasteiger partial charge in [0, 0.05) is 11.6 Å². The number of benzene rings is 1. The minimum atomic E-state index is -3.75. The Bertz CT molecular complexity index is 557. The van der Waals surface area contributed by atoms with Gasteiger partial charge in [-0.15, -0.1) is 0 Å². The average molecular weight is 357 g/mol. The van der Waals surface area contributed by atoms with Crippen LogP contribution in [0.3, 0.4) is 0 Å². The molecule has 2 rings (SSSR count). The van der Waals surface area contributed by atoms with E-state index < -0.39 is 10.0 Å². The van der Waals surface area contributed by atoms with Gasteiger partial charge in [0.2, 0.25) is 0 Å². The summed E-state index contributed by atoms with van der Waals surface area (Å²) in [6, 6.07) is 2.92. The van der Waals surface area contributed by atoms with Crippen molar-refractivity contribution < 1.29 is 18.0 Å². The van der Waals surface area contributed by atoms with Crippen molar-refractivity contribution in [1.29, 1.82) is 0 Å². The van der Waals surface area contributed by atoms with E-state index in [-0.39, 0.29) is 10.6 Å². The van der Waals surface area contributed by atoms with Crippen molar-refractivity contribution in [2.24, 2.45) is 0 Å². The predicted octanol–water partition coefficient (Wildman–Crippen LogP) is 2.44. The molecule has 100 valence electrons. The summed E-state index contributed by atoms with van der Waals surface area (Å²) in [5.41, 5.74) is 0. The number of nitrogens with zero attached hydrogens (tertiary/aromatic N) is 1. The van der Waals surface area contributed by atoms with Crippen LogP contribution in [0.1, 0.15) is 6.42 Å². The van der Waals surface area contributed by atoms with Gasteiger partial charge >= 0.3 is 0 Å². The number of rotatable bonds is 3. The third-order valence-corrected chi connectivity index (χ3v) is 4.94. The first-order chi connectivity index (χ1) is 8.46. The molecular formula is C10H11BrClNO4S. The van der Waals surface area contributed by atoms with E-state index in [2.05, 4.69) is 15.9 Å². The molecule has 5 nitrogen and oxygen atoms in total. The highest BCUT2D eigenvalue weighted by Crippen LogP contribution is 2.37. The Morgan fingerprint density at radius 3 is 2.78 bits per heavy atom. The van der Waals surface area contributed by atoms with Crippen LogP contribution in [0.5, 0.6) is 5.75 Å². The Morgan fingerprint density at radius 1 is 1.50 bits per heavy atom. The van der Waals surface area contributed by atoms with Gasteiger partial charge in [-0.25, -0.2) is 8.42 Å². The highest BCUT2D eigenvalue weighted by molar-refractivity contribution is 9.10. The number of hydrogen-bond acceptors (Lipinski definition) is 4. The number of ether oxygens (including phenoxy) is 1. The number of hydrogen-bond donors (Lipinski definition) is 0. The minimum Gasteiger partial charge on any atom is -0.494 e. The predicted molar refractivity (Wildman–Crippen MR) is 70.2 cm³/mol. The average Bonchev–Trinajstić information content (AvgIpc) is 2.82. The molecule has 1 aromatic rings. The van der Waals surface area contributed by atoms with Crippen LogP contribution in [-0.4, -0.2) is 33.1 Å². The normalized spacial score (nSPS) is 17.1. The van der Waals surface area contributed by atoms with Gasteiger partial charge in [0.25, 0.3) is 10.0 Å². The molecule has 1 heterocycles. The molecule has 0 bridgehead atoms. The molecule has 0 saturated carbocycles. The van der Waals surface area contributed by atoms with Crippen LogP contribution in [0.4, 0.5) is 0 Å². The summed E-state index contributed by atoms with van der Waals surface area (Å²) < 4.78 is 31.3. The molecule has 0 N–H and O–H groups in total. The molecule has 0 radical (unpaired) electrons. The second-order valence-corrected chi connectivity index (χ2v) is 6.73. The molecule has 0 spiro atoms. The van der Waals surface area contributed by atoms with Crippen LogP contribution in [0.25, 0.3) is 0 Å². The zero-order valence-corrected chi connectivity index (χ0v) is 12.7. The number of methoxy groups -OCH3 is 1. The summed E-state index contributed by atoms with van der Waals surface area (Å²) in [6.45, 7) is 0.721. The maximum atomic E-state index is 12.4. The zero-order chi connectivity index (χ0) is 13.3. The van der Waals surface area contributed by atoms with Gasteiger partial charge in [0.1, 0.15) is 4.90 Å². The molecule has 0 unspecified atom stereocenters. The number of sulfonamides is 1. The van der Waals surface area contributed by atoms with Crippen LogP contribution in [0, 0.1) is 0 Å². The molecular weight excluding hydrogens is 346 g/mol. The van der Waals surface area contributed by atoms with Gasteiger partial charge in [-0.05, 0) is 34.5 Å². The summed E-state index contributed by atoms with van der Waals surface area (Å²) in [4.78, 5) is 5.07. The molecule has 1 saturated heterocycles. The van der Waals surface area contributed by atoms with Gasteiger partial charge < -0.3 is 4.74 Å². The maximum Gasteiger partial charge on any atom is 0.268 e. The number of hydroxylamine groups is 1. The molecule has 1 fully saturated rings. The first kappa shape index (κ1) is 14.1. The van der Waals surface area contributed by atoms with Crippen LogP contribution >= 0.6 is 27.5 Å². The fraction of sp³-hybridized carbons (Fsp3) is 0.400. The fourth-order valence-corrected chi connectivity index (χ4v) is 4.32. The third kappa shape index (κ3) is 2.50.